The molecule has 7 heteroatoms. The minimum atomic E-state index is -0.221. The minimum absolute atomic E-state index is 0. The summed E-state index contributed by atoms with van der Waals surface area (Å²) in [7, 11) is 0. The maximum absolute atomic E-state index is 11.2. The lowest BCUT2D eigenvalue weighted by Crippen LogP contribution is -2.47. The molecule has 0 saturated carbocycles. The summed E-state index contributed by atoms with van der Waals surface area (Å²) >= 11 is 0. The molecule has 1 aromatic carbocycles. The van der Waals surface area contributed by atoms with Gasteiger partial charge in [0, 0.05) is 26.1 Å². The fourth-order valence-corrected chi connectivity index (χ4v) is 3.20. The molecule has 6 nitrogen and oxygen atoms in total. The zero-order valence-corrected chi connectivity index (χ0v) is 18.1. The molecule has 1 unspecified atom stereocenters. The van der Waals surface area contributed by atoms with E-state index in [1.807, 2.05) is 25.1 Å². The van der Waals surface area contributed by atoms with E-state index in [-0.39, 0.29) is 29.9 Å². The van der Waals surface area contributed by atoms with Gasteiger partial charge < -0.3 is 20.7 Å². The second-order valence-corrected chi connectivity index (χ2v) is 6.38. The maximum atomic E-state index is 11.2. The number of benzene rings is 1. The standard InChI is InChI=1S/C19H30N4O2.HI/c1-3-21-19(23-10-6-8-16(14-23)12-18(20)24)22-13-15-7-5-9-17(11-15)25-4-2;/h5,7,9,11,16H,3-4,6,8,10,12-14H2,1-2H3,(H2,20,24)(H,21,22);1H. The number of piperidine rings is 1. The molecule has 26 heavy (non-hydrogen) atoms. The SMILES string of the molecule is CCNC(=NCc1cccc(OCC)c1)N1CCCC(CC(N)=O)C1.I. The van der Waals surface area contributed by atoms with Crippen LogP contribution in [0.4, 0.5) is 0 Å². The number of guanidine groups is 1. The Morgan fingerprint density at radius 2 is 2.23 bits per heavy atom. The van der Waals surface area contributed by atoms with Gasteiger partial charge in [0.15, 0.2) is 5.96 Å². The molecular formula is C19H31IN4O2. The first-order valence-corrected chi connectivity index (χ1v) is 9.15. The Labute approximate surface area is 173 Å². The summed E-state index contributed by atoms with van der Waals surface area (Å²) in [5.74, 6) is 1.87. The molecule has 1 fully saturated rings. The van der Waals surface area contributed by atoms with Crippen molar-refractivity contribution < 1.29 is 9.53 Å². The zero-order chi connectivity index (χ0) is 18.1. The Hall–Kier alpha value is -1.51. The highest BCUT2D eigenvalue weighted by molar-refractivity contribution is 14.0. The van der Waals surface area contributed by atoms with Gasteiger partial charge in [-0.1, -0.05) is 12.1 Å². The molecule has 2 rings (SSSR count). The highest BCUT2D eigenvalue weighted by atomic mass is 127. The molecule has 0 spiro atoms. The van der Waals surface area contributed by atoms with Crippen LogP contribution in [0.3, 0.4) is 0 Å². The smallest absolute Gasteiger partial charge is 0.217 e. The van der Waals surface area contributed by atoms with E-state index < -0.39 is 0 Å². The van der Waals surface area contributed by atoms with Crippen molar-refractivity contribution in [2.24, 2.45) is 16.6 Å². The Bertz CT molecular complexity index is 595. The number of primary amides is 1. The van der Waals surface area contributed by atoms with Crippen LogP contribution in [0.15, 0.2) is 29.3 Å². The monoisotopic (exact) mass is 474 g/mol. The first kappa shape index (κ1) is 22.5. The molecule has 0 aromatic heterocycles. The van der Waals surface area contributed by atoms with Crippen molar-refractivity contribution in [3.05, 3.63) is 29.8 Å². The predicted molar refractivity (Wildman–Crippen MR) is 116 cm³/mol. The van der Waals surface area contributed by atoms with E-state index in [2.05, 4.69) is 23.2 Å². The van der Waals surface area contributed by atoms with Crippen molar-refractivity contribution in [2.45, 2.75) is 39.7 Å². The third kappa shape index (κ3) is 7.39. The summed E-state index contributed by atoms with van der Waals surface area (Å²) in [6, 6.07) is 8.04. The lowest BCUT2D eigenvalue weighted by Gasteiger charge is -2.34. The Kier molecular flexibility index (Phi) is 10.4. The summed E-state index contributed by atoms with van der Waals surface area (Å²) in [5.41, 5.74) is 6.48. The average Bonchev–Trinajstić information content (AvgIpc) is 2.59. The molecule has 0 radical (unpaired) electrons. The van der Waals surface area contributed by atoms with Gasteiger partial charge in [-0.2, -0.15) is 0 Å². The zero-order valence-electron chi connectivity index (χ0n) is 15.7. The Morgan fingerprint density at radius 3 is 2.92 bits per heavy atom. The van der Waals surface area contributed by atoms with Crippen LogP contribution in [-0.4, -0.2) is 43.0 Å². The number of hydrogen-bond donors (Lipinski definition) is 2. The number of hydrogen-bond acceptors (Lipinski definition) is 3. The average molecular weight is 474 g/mol. The van der Waals surface area contributed by atoms with Crippen molar-refractivity contribution in [2.75, 3.05) is 26.2 Å². The normalized spacial score (nSPS) is 17.4. The number of nitrogens with zero attached hydrogens (tertiary/aromatic N) is 2. The molecule has 1 atom stereocenters. The number of nitrogens with two attached hydrogens (primary N) is 1. The summed E-state index contributed by atoms with van der Waals surface area (Å²) in [6.45, 7) is 7.90. The molecule has 1 aliphatic rings. The van der Waals surface area contributed by atoms with Crippen LogP contribution in [0.5, 0.6) is 5.75 Å². The van der Waals surface area contributed by atoms with E-state index in [1.54, 1.807) is 0 Å². The van der Waals surface area contributed by atoms with Crippen LogP contribution < -0.4 is 15.8 Å². The number of likely N-dealkylation sites (tertiary alicyclic amines) is 1. The van der Waals surface area contributed by atoms with Crippen LogP contribution in [0.1, 0.15) is 38.7 Å². The molecule has 0 aliphatic carbocycles. The van der Waals surface area contributed by atoms with E-state index in [0.29, 0.717) is 25.5 Å². The highest BCUT2D eigenvalue weighted by Crippen LogP contribution is 2.20. The predicted octanol–water partition coefficient (Wildman–Crippen LogP) is 2.76. The summed E-state index contributed by atoms with van der Waals surface area (Å²) in [4.78, 5) is 18.2. The van der Waals surface area contributed by atoms with E-state index >= 15 is 0 Å². The van der Waals surface area contributed by atoms with E-state index in [9.17, 15) is 4.79 Å². The van der Waals surface area contributed by atoms with Gasteiger partial charge in [-0.25, -0.2) is 4.99 Å². The summed E-state index contributed by atoms with van der Waals surface area (Å²) in [6.07, 6.45) is 2.56. The van der Waals surface area contributed by atoms with Crippen LogP contribution in [0, 0.1) is 5.92 Å². The van der Waals surface area contributed by atoms with Crippen LogP contribution in [0.25, 0.3) is 0 Å². The van der Waals surface area contributed by atoms with Crippen LogP contribution in [0.2, 0.25) is 0 Å². The molecule has 1 aliphatic heterocycles. The highest BCUT2D eigenvalue weighted by Gasteiger charge is 2.23. The lowest BCUT2D eigenvalue weighted by molar-refractivity contribution is -0.119. The number of aliphatic imine (C=N–C) groups is 1. The van der Waals surface area contributed by atoms with Crippen molar-refractivity contribution in [3.63, 3.8) is 0 Å². The van der Waals surface area contributed by atoms with Crippen LogP contribution >= 0.6 is 24.0 Å². The van der Waals surface area contributed by atoms with Gasteiger partial charge in [0.05, 0.1) is 13.2 Å². The number of ether oxygens (including phenoxy) is 1. The van der Waals surface area contributed by atoms with Gasteiger partial charge in [0.25, 0.3) is 0 Å². The molecule has 1 amide bonds. The fraction of sp³-hybridized carbons (Fsp3) is 0.579. The molecule has 1 heterocycles. The van der Waals surface area contributed by atoms with Crippen molar-refractivity contribution in [1.82, 2.24) is 10.2 Å². The van der Waals surface area contributed by atoms with Gasteiger partial charge in [-0.3, -0.25) is 4.79 Å². The second kappa shape index (κ2) is 12.0. The van der Waals surface area contributed by atoms with Gasteiger partial charge >= 0.3 is 0 Å². The molecule has 0 bridgehead atoms. The van der Waals surface area contributed by atoms with E-state index in [1.165, 1.54) is 0 Å². The Balaban J connectivity index is 0.00000338. The van der Waals surface area contributed by atoms with Crippen molar-refractivity contribution in [1.29, 1.82) is 0 Å². The number of nitrogens with one attached hydrogen (secondary N) is 1. The number of carbonyl (C=O) groups excluding carboxylic acids is 1. The van der Waals surface area contributed by atoms with Gasteiger partial charge in [-0.05, 0) is 50.3 Å². The van der Waals surface area contributed by atoms with E-state index in [0.717, 1.165) is 49.7 Å². The van der Waals surface area contributed by atoms with Gasteiger partial charge in [0.1, 0.15) is 5.75 Å². The minimum Gasteiger partial charge on any atom is -0.494 e. The third-order valence-corrected chi connectivity index (χ3v) is 4.26. The van der Waals surface area contributed by atoms with Crippen molar-refractivity contribution in [3.8, 4) is 5.75 Å². The number of carbonyl (C=O) groups is 1. The molecule has 3 N–H and O–H groups in total. The Morgan fingerprint density at radius 1 is 1.42 bits per heavy atom. The number of halogens is 1. The second-order valence-electron chi connectivity index (χ2n) is 6.38. The number of amides is 1. The molecule has 146 valence electrons. The van der Waals surface area contributed by atoms with Gasteiger partial charge in [-0.15, -0.1) is 24.0 Å². The summed E-state index contributed by atoms with van der Waals surface area (Å²) in [5, 5.41) is 3.36. The first-order chi connectivity index (χ1) is 12.1. The third-order valence-electron chi connectivity index (χ3n) is 4.26. The number of rotatable bonds is 7. The van der Waals surface area contributed by atoms with Crippen molar-refractivity contribution >= 4 is 35.8 Å². The largest absolute Gasteiger partial charge is 0.494 e. The van der Waals surface area contributed by atoms with Crippen LogP contribution in [-0.2, 0) is 11.3 Å². The summed E-state index contributed by atoms with van der Waals surface area (Å²) < 4.78 is 5.55. The van der Waals surface area contributed by atoms with E-state index in [4.69, 9.17) is 15.5 Å². The molecule has 1 aromatic rings. The topological polar surface area (TPSA) is 80.0 Å². The fourth-order valence-electron chi connectivity index (χ4n) is 3.20. The molecular weight excluding hydrogens is 443 g/mol. The molecule has 1 saturated heterocycles. The first-order valence-electron chi connectivity index (χ1n) is 9.15. The lowest BCUT2D eigenvalue weighted by atomic mass is 9.95. The quantitative estimate of drug-likeness (QED) is 0.362. The maximum Gasteiger partial charge on any atom is 0.217 e. The van der Waals surface area contributed by atoms with Gasteiger partial charge in [0.2, 0.25) is 5.91 Å².